The largest absolute Gasteiger partial charge is 0.383 e. The third kappa shape index (κ3) is 8.74. The molecule has 2 unspecified atom stereocenters. The number of hydrogen-bond donors (Lipinski definition) is 3. The first-order valence-electron chi connectivity index (χ1n) is 9.70. The number of nitrogens with zero attached hydrogens (tertiary/aromatic N) is 2. The molecule has 8 heteroatoms. The summed E-state index contributed by atoms with van der Waals surface area (Å²) < 4.78 is 4.93. The number of ether oxygens (including phenoxy) is 1. The third-order valence-electron chi connectivity index (χ3n) is 4.63. The summed E-state index contributed by atoms with van der Waals surface area (Å²) in [7, 11) is 1.61. The number of aliphatic imine (C=N–C) groups is 1. The van der Waals surface area contributed by atoms with Gasteiger partial charge >= 0.3 is 0 Å². The number of guanidine groups is 1. The van der Waals surface area contributed by atoms with Crippen LogP contribution in [0.3, 0.4) is 0 Å². The zero-order chi connectivity index (χ0) is 19.5. The molecular weight excluding hydrogens is 469 g/mol. The average Bonchev–Trinajstić information content (AvgIpc) is 3.00. The van der Waals surface area contributed by atoms with Crippen LogP contribution < -0.4 is 16.0 Å². The van der Waals surface area contributed by atoms with Crippen molar-refractivity contribution in [2.45, 2.75) is 38.9 Å². The molecule has 1 saturated heterocycles. The first kappa shape index (κ1) is 24.6. The molecular formula is C20H34IN5O2. The van der Waals surface area contributed by atoms with Gasteiger partial charge in [0.25, 0.3) is 0 Å². The maximum atomic E-state index is 11.8. The van der Waals surface area contributed by atoms with Crippen LogP contribution in [-0.2, 0) is 16.1 Å². The van der Waals surface area contributed by atoms with Crippen molar-refractivity contribution in [3.63, 3.8) is 0 Å². The van der Waals surface area contributed by atoms with Gasteiger partial charge in [-0.25, -0.2) is 4.99 Å². The van der Waals surface area contributed by atoms with Crippen LogP contribution in [0.2, 0.25) is 0 Å². The molecule has 1 aliphatic heterocycles. The fourth-order valence-electron chi connectivity index (χ4n) is 3.25. The Hall–Kier alpha value is -1.39. The smallest absolute Gasteiger partial charge is 0.241 e. The second kappa shape index (κ2) is 13.7. The molecule has 0 saturated carbocycles. The summed E-state index contributed by atoms with van der Waals surface area (Å²) in [6, 6.07) is 11.4. The predicted octanol–water partition coefficient (Wildman–Crippen LogP) is 1.59. The van der Waals surface area contributed by atoms with Crippen LogP contribution >= 0.6 is 24.0 Å². The Labute approximate surface area is 185 Å². The molecule has 0 spiro atoms. The van der Waals surface area contributed by atoms with Gasteiger partial charge < -0.3 is 20.7 Å². The number of amides is 1. The highest BCUT2D eigenvalue weighted by atomic mass is 127. The number of benzene rings is 1. The van der Waals surface area contributed by atoms with Crippen LogP contribution in [-0.4, -0.2) is 68.7 Å². The molecule has 1 aromatic carbocycles. The maximum Gasteiger partial charge on any atom is 0.241 e. The number of carbonyl (C=O) groups excluding carboxylic acids is 1. The highest BCUT2D eigenvalue weighted by molar-refractivity contribution is 14.0. The van der Waals surface area contributed by atoms with E-state index >= 15 is 0 Å². The van der Waals surface area contributed by atoms with E-state index in [9.17, 15) is 4.79 Å². The van der Waals surface area contributed by atoms with E-state index in [4.69, 9.17) is 4.74 Å². The summed E-state index contributed by atoms with van der Waals surface area (Å²) in [6.07, 6.45) is 1.05. The summed E-state index contributed by atoms with van der Waals surface area (Å²) in [5.41, 5.74) is 1.33. The number of methoxy groups -OCH3 is 1. The van der Waals surface area contributed by atoms with Crippen molar-refractivity contribution < 1.29 is 9.53 Å². The predicted molar refractivity (Wildman–Crippen MR) is 124 cm³/mol. The van der Waals surface area contributed by atoms with Gasteiger partial charge in [0.15, 0.2) is 5.96 Å². The molecule has 0 aromatic heterocycles. The van der Waals surface area contributed by atoms with E-state index in [1.807, 2.05) is 13.0 Å². The summed E-state index contributed by atoms with van der Waals surface area (Å²) in [5.74, 6) is 0.591. The number of hydrogen-bond acceptors (Lipinski definition) is 4. The molecule has 7 nitrogen and oxygen atoms in total. The molecule has 0 bridgehead atoms. The standard InChI is InChI=1S/C20H33N5O2.HI/c1-4-21-20(23-13-19(26)22-10-11-27-3)24-18-12-16(2)25(15-18)14-17-8-6-5-7-9-17;/h5-9,16,18H,4,10-15H2,1-3H3,(H,22,26)(H2,21,23,24);1H. The highest BCUT2D eigenvalue weighted by Gasteiger charge is 2.29. The zero-order valence-electron chi connectivity index (χ0n) is 17.1. The molecule has 2 rings (SSSR count). The van der Waals surface area contributed by atoms with Crippen molar-refractivity contribution >= 4 is 35.8 Å². The topological polar surface area (TPSA) is 78.0 Å². The van der Waals surface area contributed by atoms with E-state index in [0.29, 0.717) is 31.2 Å². The van der Waals surface area contributed by atoms with Gasteiger partial charge in [0.05, 0.1) is 6.61 Å². The summed E-state index contributed by atoms with van der Waals surface area (Å²) in [4.78, 5) is 18.7. The minimum Gasteiger partial charge on any atom is -0.383 e. The van der Waals surface area contributed by atoms with Gasteiger partial charge in [0.2, 0.25) is 5.91 Å². The van der Waals surface area contributed by atoms with Crippen LogP contribution in [0.25, 0.3) is 0 Å². The van der Waals surface area contributed by atoms with Gasteiger partial charge in [0, 0.05) is 45.4 Å². The normalized spacial score (nSPS) is 19.8. The molecule has 1 heterocycles. The van der Waals surface area contributed by atoms with Crippen molar-refractivity contribution in [2.24, 2.45) is 4.99 Å². The van der Waals surface area contributed by atoms with E-state index in [1.165, 1.54) is 5.56 Å². The van der Waals surface area contributed by atoms with Gasteiger partial charge in [-0.3, -0.25) is 9.69 Å². The Morgan fingerprint density at radius 3 is 2.71 bits per heavy atom. The molecule has 0 aliphatic carbocycles. The summed E-state index contributed by atoms with van der Waals surface area (Å²) in [5, 5.41) is 9.49. The van der Waals surface area contributed by atoms with E-state index in [1.54, 1.807) is 7.11 Å². The minimum absolute atomic E-state index is 0. The van der Waals surface area contributed by atoms with Crippen LogP contribution in [0.1, 0.15) is 25.8 Å². The average molecular weight is 503 g/mol. The lowest BCUT2D eigenvalue weighted by Gasteiger charge is -2.21. The number of halogens is 1. The quantitative estimate of drug-likeness (QED) is 0.207. The first-order chi connectivity index (χ1) is 13.1. The first-order valence-corrected chi connectivity index (χ1v) is 9.70. The third-order valence-corrected chi connectivity index (χ3v) is 4.63. The highest BCUT2D eigenvalue weighted by Crippen LogP contribution is 2.20. The van der Waals surface area contributed by atoms with Crippen LogP contribution in [0, 0.1) is 0 Å². The lowest BCUT2D eigenvalue weighted by molar-refractivity contribution is -0.119. The molecule has 1 amide bonds. The molecule has 158 valence electrons. The second-order valence-corrected chi connectivity index (χ2v) is 6.88. The van der Waals surface area contributed by atoms with Gasteiger partial charge in [-0.05, 0) is 25.8 Å². The Morgan fingerprint density at radius 1 is 1.29 bits per heavy atom. The molecule has 1 aromatic rings. The van der Waals surface area contributed by atoms with Crippen molar-refractivity contribution in [2.75, 3.05) is 39.9 Å². The van der Waals surface area contributed by atoms with Crippen molar-refractivity contribution in [3.8, 4) is 0 Å². The van der Waals surface area contributed by atoms with Gasteiger partial charge in [-0.2, -0.15) is 0 Å². The molecule has 2 atom stereocenters. The Balaban J connectivity index is 0.00000392. The van der Waals surface area contributed by atoms with Crippen LogP contribution in [0.15, 0.2) is 35.3 Å². The SMILES string of the molecule is CCNC(=NCC(=O)NCCOC)NC1CC(C)N(Cc2ccccc2)C1.I. The van der Waals surface area contributed by atoms with Gasteiger partial charge in [-0.1, -0.05) is 30.3 Å². The van der Waals surface area contributed by atoms with E-state index in [2.05, 4.69) is 57.0 Å². The number of nitrogens with one attached hydrogen (secondary N) is 3. The molecule has 1 aliphatic rings. The maximum absolute atomic E-state index is 11.8. The number of rotatable bonds is 9. The number of carbonyl (C=O) groups is 1. The van der Waals surface area contributed by atoms with Crippen LogP contribution in [0.5, 0.6) is 0 Å². The number of likely N-dealkylation sites (tertiary alicyclic amines) is 1. The minimum atomic E-state index is -0.102. The molecule has 3 N–H and O–H groups in total. The fraction of sp³-hybridized carbons (Fsp3) is 0.600. The Kier molecular flexibility index (Phi) is 12.1. The molecule has 1 fully saturated rings. The summed E-state index contributed by atoms with van der Waals surface area (Å²) >= 11 is 0. The van der Waals surface area contributed by atoms with Crippen LogP contribution in [0.4, 0.5) is 0 Å². The van der Waals surface area contributed by atoms with E-state index in [0.717, 1.165) is 26.1 Å². The zero-order valence-corrected chi connectivity index (χ0v) is 19.4. The monoisotopic (exact) mass is 503 g/mol. The second-order valence-electron chi connectivity index (χ2n) is 6.88. The fourth-order valence-corrected chi connectivity index (χ4v) is 3.25. The molecule has 28 heavy (non-hydrogen) atoms. The Morgan fingerprint density at radius 2 is 2.04 bits per heavy atom. The lowest BCUT2D eigenvalue weighted by Crippen LogP contribution is -2.45. The molecule has 0 radical (unpaired) electrons. The summed E-state index contributed by atoms with van der Waals surface area (Å²) in [6.45, 7) is 8.07. The van der Waals surface area contributed by atoms with E-state index in [-0.39, 0.29) is 36.4 Å². The van der Waals surface area contributed by atoms with Crippen molar-refractivity contribution in [1.29, 1.82) is 0 Å². The van der Waals surface area contributed by atoms with E-state index < -0.39 is 0 Å². The van der Waals surface area contributed by atoms with Gasteiger partial charge in [0.1, 0.15) is 6.54 Å². The van der Waals surface area contributed by atoms with Crippen molar-refractivity contribution in [1.82, 2.24) is 20.9 Å². The lowest BCUT2D eigenvalue weighted by atomic mass is 10.2. The van der Waals surface area contributed by atoms with Gasteiger partial charge in [-0.15, -0.1) is 24.0 Å². The Bertz CT molecular complexity index is 600. The van der Waals surface area contributed by atoms with Crippen molar-refractivity contribution in [3.05, 3.63) is 35.9 Å².